The van der Waals surface area contributed by atoms with E-state index in [4.69, 9.17) is 0 Å². The van der Waals surface area contributed by atoms with Crippen LogP contribution in [-0.2, 0) is 0 Å². The van der Waals surface area contributed by atoms with Gasteiger partial charge in [-0.1, -0.05) is 60.7 Å². The molecule has 1 heterocycles. The molecule has 1 heteroatoms. The van der Waals surface area contributed by atoms with Gasteiger partial charge < -0.3 is 0 Å². The van der Waals surface area contributed by atoms with Gasteiger partial charge in [0.1, 0.15) is 0 Å². The molecule has 0 amide bonds. The topological polar surface area (TPSA) is 0 Å². The highest BCUT2D eigenvalue weighted by Gasteiger charge is 2.11. The van der Waals surface area contributed by atoms with Crippen molar-refractivity contribution in [1.82, 2.24) is 0 Å². The fourth-order valence-corrected chi connectivity index (χ4v) is 4.04. The second kappa shape index (κ2) is 4.46. The lowest BCUT2D eigenvalue weighted by molar-refractivity contribution is 1.56. The van der Waals surface area contributed by atoms with Crippen LogP contribution in [0.25, 0.3) is 31.3 Å². The van der Waals surface area contributed by atoms with Gasteiger partial charge in [-0.2, -0.15) is 0 Å². The molecule has 0 N–H and O–H groups in total. The summed E-state index contributed by atoms with van der Waals surface area (Å²) in [6, 6.07) is 23.9. The van der Waals surface area contributed by atoms with Gasteiger partial charge in [0.25, 0.3) is 0 Å². The zero-order valence-corrected chi connectivity index (χ0v) is 12.1. The SMILES string of the molecule is Cc1cccc2c1sc1cccc(-c3ccccc3)c12. The summed E-state index contributed by atoms with van der Waals surface area (Å²) in [6.45, 7) is 2.19. The third-order valence-electron chi connectivity index (χ3n) is 3.80. The normalized spacial score (nSPS) is 11.2. The largest absolute Gasteiger partial charge is 0.135 e. The van der Waals surface area contributed by atoms with Gasteiger partial charge in [-0.25, -0.2) is 0 Å². The molecule has 0 aliphatic heterocycles. The van der Waals surface area contributed by atoms with E-state index in [9.17, 15) is 0 Å². The minimum Gasteiger partial charge on any atom is -0.135 e. The average molecular weight is 274 g/mol. The van der Waals surface area contributed by atoms with Crippen molar-refractivity contribution in [1.29, 1.82) is 0 Å². The predicted molar refractivity (Wildman–Crippen MR) is 89.5 cm³/mol. The first-order valence-electron chi connectivity index (χ1n) is 6.81. The molecule has 96 valence electrons. The van der Waals surface area contributed by atoms with Crippen LogP contribution in [0.2, 0.25) is 0 Å². The maximum absolute atomic E-state index is 2.24. The maximum atomic E-state index is 2.24. The van der Waals surface area contributed by atoms with Crippen molar-refractivity contribution >= 4 is 31.5 Å². The molecule has 0 atom stereocenters. The molecule has 0 fully saturated rings. The van der Waals surface area contributed by atoms with Crippen molar-refractivity contribution in [3.8, 4) is 11.1 Å². The van der Waals surface area contributed by atoms with Crippen molar-refractivity contribution in [3.63, 3.8) is 0 Å². The molecule has 3 aromatic carbocycles. The zero-order chi connectivity index (χ0) is 13.5. The number of benzene rings is 3. The molecule has 0 saturated heterocycles. The summed E-state index contributed by atoms with van der Waals surface area (Å²) in [5.74, 6) is 0. The highest BCUT2D eigenvalue weighted by atomic mass is 32.1. The lowest BCUT2D eigenvalue weighted by Crippen LogP contribution is -1.78. The summed E-state index contributed by atoms with van der Waals surface area (Å²) in [5, 5.41) is 2.77. The van der Waals surface area contributed by atoms with Crippen molar-refractivity contribution in [2.45, 2.75) is 6.92 Å². The highest BCUT2D eigenvalue weighted by molar-refractivity contribution is 7.26. The predicted octanol–water partition coefficient (Wildman–Crippen LogP) is 6.03. The van der Waals surface area contributed by atoms with E-state index < -0.39 is 0 Å². The second-order valence-electron chi connectivity index (χ2n) is 5.10. The highest BCUT2D eigenvalue weighted by Crippen LogP contribution is 2.40. The van der Waals surface area contributed by atoms with Crippen LogP contribution < -0.4 is 0 Å². The molecule has 20 heavy (non-hydrogen) atoms. The summed E-state index contributed by atoms with van der Waals surface area (Å²) >= 11 is 1.90. The Morgan fingerprint density at radius 2 is 1.55 bits per heavy atom. The van der Waals surface area contributed by atoms with Gasteiger partial charge in [0.2, 0.25) is 0 Å². The molecule has 0 radical (unpaired) electrons. The van der Waals surface area contributed by atoms with Gasteiger partial charge in [0, 0.05) is 20.2 Å². The van der Waals surface area contributed by atoms with Crippen molar-refractivity contribution in [3.05, 3.63) is 72.3 Å². The maximum Gasteiger partial charge on any atom is 0.0384 e. The Hall–Kier alpha value is -2.12. The molecule has 4 rings (SSSR count). The van der Waals surface area contributed by atoms with Crippen LogP contribution in [-0.4, -0.2) is 0 Å². The Kier molecular flexibility index (Phi) is 2.61. The van der Waals surface area contributed by atoms with Crippen molar-refractivity contribution in [2.75, 3.05) is 0 Å². The Labute approximate surface area is 122 Å². The van der Waals surface area contributed by atoms with Crippen LogP contribution in [0.4, 0.5) is 0 Å². The molecule has 1 aromatic heterocycles. The van der Waals surface area contributed by atoms with E-state index in [0.29, 0.717) is 0 Å². The second-order valence-corrected chi connectivity index (χ2v) is 6.15. The summed E-state index contributed by atoms with van der Waals surface area (Å²) in [4.78, 5) is 0. The first kappa shape index (κ1) is 11.7. The standard InChI is InChI=1S/C19H14S/c1-13-7-5-11-16-18-15(14-8-3-2-4-9-14)10-6-12-17(18)20-19(13)16/h2-12H,1H3. The van der Waals surface area contributed by atoms with E-state index in [1.165, 1.54) is 36.9 Å². The van der Waals surface area contributed by atoms with Crippen LogP contribution in [0, 0.1) is 6.92 Å². The number of hydrogen-bond acceptors (Lipinski definition) is 1. The van der Waals surface area contributed by atoms with E-state index >= 15 is 0 Å². The van der Waals surface area contributed by atoms with Gasteiger partial charge in [0.05, 0.1) is 0 Å². The van der Waals surface area contributed by atoms with E-state index in [2.05, 4.69) is 73.7 Å². The van der Waals surface area contributed by atoms with Crippen molar-refractivity contribution < 1.29 is 0 Å². The molecular weight excluding hydrogens is 260 g/mol. The third kappa shape index (κ3) is 1.67. The van der Waals surface area contributed by atoms with E-state index in [-0.39, 0.29) is 0 Å². The molecular formula is C19H14S. The summed E-state index contributed by atoms with van der Waals surface area (Å²) < 4.78 is 2.78. The van der Waals surface area contributed by atoms with E-state index in [1.807, 2.05) is 11.3 Å². The Morgan fingerprint density at radius 1 is 0.750 bits per heavy atom. The van der Waals surface area contributed by atoms with Gasteiger partial charge in [-0.05, 0) is 29.7 Å². The third-order valence-corrected chi connectivity index (χ3v) is 5.11. The first-order valence-corrected chi connectivity index (χ1v) is 7.62. The minimum absolute atomic E-state index is 1.29. The average Bonchev–Trinajstić information content (AvgIpc) is 2.88. The number of hydrogen-bond donors (Lipinski definition) is 0. The molecule has 4 aromatic rings. The lowest BCUT2D eigenvalue weighted by atomic mass is 9.99. The van der Waals surface area contributed by atoms with Gasteiger partial charge in [-0.3, -0.25) is 0 Å². The summed E-state index contributed by atoms with van der Waals surface area (Å²) in [7, 11) is 0. The summed E-state index contributed by atoms with van der Waals surface area (Å²) in [5.41, 5.74) is 3.99. The Bertz CT molecular complexity index is 901. The van der Waals surface area contributed by atoms with Crippen molar-refractivity contribution in [2.24, 2.45) is 0 Å². The fourth-order valence-electron chi connectivity index (χ4n) is 2.85. The van der Waals surface area contributed by atoms with Gasteiger partial charge in [-0.15, -0.1) is 11.3 Å². The van der Waals surface area contributed by atoms with Crippen LogP contribution in [0.1, 0.15) is 5.56 Å². The molecule has 0 aliphatic rings. The molecule has 0 spiro atoms. The molecule has 0 unspecified atom stereocenters. The monoisotopic (exact) mass is 274 g/mol. The fraction of sp³-hybridized carbons (Fsp3) is 0.0526. The number of rotatable bonds is 1. The number of aryl methyl sites for hydroxylation is 1. The Morgan fingerprint density at radius 3 is 2.40 bits per heavy atom. The molecule has 0 nitrogen and oxygen atoms in total. The quantitative estimate of drug-likeness (QED) is 0.397. The van der Waals surface area contributed by atoms with Crippen LogP contribution in [0.15, 0.2) is 66.7 Å². The first-order chi connectivity index (χ1) is 9.84. The smallest absolute Gasteiger partial charge is 0.0384 e. The minimum atomic E-state index is 1.29. The van der Waals surface area contributed by atoms with E-state index in [1.54, 1.807) is 0 Å². The Balaban J connectivity index is 2.17. The van der Waals surface area contributed by atoms with Crippen LogP contribution in [0.5, 0.6) is 0 Å². The summed E-state index contributed by atoms with van der Waals surface area (Å²) in [6.07, 6.45) is 0. The number of thiophene rings is 1. The lowest BCUT2D eigenvalue weighted by Gasteiger charge is -2.04. The molecule has 0 bridgehead atoms. The van der Waals surface area contributed by atoms with E-state index in [0.717, 1.165) is 0 Å². The molecule has 0 saturated carbocycles. The van der Waals surface area contributed by atoms with Gasteiger partial charge >= 0.3 is 0 Å². The zero-order valence-electron chi connectivity index (χ0n) is 11.3. The molecule has 0 aliphatic carbocycles. The van der Waals surface area contributed by atoms with Gasteiger partial charge in [0.15, 0.2) is 0 Å². The van der Waals surface area contributed by atoms with Crippen LogP contribution in [0.3, 0.4) is 0 Å². The number of fused-ring (bicyclic) bond motifs is 3. The van der Waals surface area contributed by atoms with Crippen LogP contribution >= 0.6 is 11.3 Å².